The van der Waals surface area contributed by atoms with E-state index in [0.717, 1.165) is 25.7 Å². The Balaban J connectivity index is 2.22. The number of carbonyl (C=O) groups is 1. The molecule has 5 nitrogen and oxygen atoms in total. The zero-order valence-corrected chi connectivity index (χ0v) is 11.9. The van der Waals surface area contributed by atoms with Crippen molar-refractivity contribution in [2.45, 2.75) is 38.7 Å². The van der Waals surface area contributed by atoms with Crippen molar-refractivity contribution in [1.29, 1.82) is 0 Å². The number of esters is 1. The Kier molecular flexibility index (Phi) is 6.08. The molecule has 106 valence electrons. The molecule has 0 saturated heterocycles. The lowest BCUT2D eigenvalue weighted by molar-refractivity contribution is -0.147. The fourth-order valence-corrected chi connectivity index (χ4v) is 2.76. The van der Waals surface area contributed by atoms with Gasteiger partial charge in [-0.3, -0.25) is 4.79 Å². The fraction of sp³-hybridized carbons (Fsp3) is 0.917. The van der Waals surface area contributed by atoms with E-state index in [1.165, 1.54) is 7.11 Å². The van der Waals surface area contributed by atoms with Crippen molar-refractivity contribution in [1.82, 2.24) is 0 Å². The van der Waals surface area contributed by atoms with Crippen LogP contribution >= 0.6 is 0 Å². The van der Waals surface area contributed by atoms with Crippen molar-refractivity contribution in [2.75, 3.05) is 25.2 Å². The maximum Gasteiger partial charge on any atom is 0.308 e. The molecule has 0 unspecified atom stereocenters. The second-order valence-corrected chi connectivity index (χ2v) is 7.08. The maximum atomic E-state index is 11.3. The topological polar surface area (TPSA) is 69.7 Å². The fourth-order valence-electron chi connectivity index (χ4n) is 2.12. The Hall–Kier alpha value is -0.620. The average Bonchev–Trinajstić information content (AvgIpc) is 2.38. The third-order valence-corrected chi connectivity index (χ3v) is 5.06. The monoisotopic (exact) mass is 278 g/mol. The SMILES string of the molecule is CCS(=O)(=O)CCOC1CCC(C(=O)OC)CC1. The highest BCUT2D eigenvalue weighted by Gasteiger charge is 2.27. The smallest absolute Gasteiger partial charge is 0.308 e. The van der Waals surface area contributed by atoms with Crippen molar-refractivity contribution >= 4 is 15.8 Å². The average molecular weight is 278 g/mol. The summed E-state index contributed by atoms with van der Waals surface area (Å²) < 4.78 is 32.8. The predicted octanol–water partition coefficient (Wildman–Crippen LogP) is 1.17. The molecule has 1 aliphatic rings. The molecule has 0 heterocycles. The minimum absolute atomic E-state index is 0.0192. The van der Waals surface area contributed by atoms with Crippen LogP contribution in [0.3, 0.4) is 0 Å². The summed E-state index contributed by atoms with van der Waals surface area (Å²) in [7, 11) is -1.54. The van der Waals surface area contributed by atoms with Gasteiger partial charge in [-0.2, -0.15) is 0 Å². The minimum atomic E-state index is -2.95. The second kappa shape index (κ2) is 7.09. The van der Waals surface area contributed by atoms with E-state index in [4.69, 9.17) is 9.47 Å². The van der Waals surface area contributed by atoms with Gasteiger partial charge in [0.1, 0.15) is 0 Å². The molecule has 0 aromatic rings. The van der Waals surface area contributed by atoms with E-state index in [9.17, 15) is 13.2 Å². The first-order valence-electron chi connectivity index (χ1n) is 6.38. The summed E-state index contributed by atoms with van der Waals surface area (Å²) in [6, 6.07) is 0. The van der Waals surface area contributed by atoms with Gasteiger partial charge in [0.15, 0.2) is 9.84 Å². The van der Waals surface area contributed by atoms with E-state index in [1.54, 1.807) is 6.92 Å². The third-order valence-electron chi connectivity index (χ3n) is 3.40. The largest absolute Gasteiger partial charge is 0.469 e. The first kappa shape index (κ1) is 15.4. The van der Waals surface area contributed by atoms with Crippen LogP contribution in [0.15, 0.2) is 0 Å². The molecule has 0 radical (unpaired) electrons. The summed E-state index contributed by atoms with van der Waals surface area (Å²) >= 11 is 0. The van der Waals surface area contributed by atoms with E-state index >= 15 is 0 Å². The number of hydrogen-bond donors (Lipinski definition) is 0. The van der Waals surface area contributed by atoms with Crippen molar-refractivity contribution < 1.29 is 22.7 Å². The number of hydrogen-bond acceptors (Lipinski definition) is 5. The van der Waals surface area contributed by atoms with Gasteiger partial charge >= 0.3 is 5.97 Å². The van der Waals surface area contributed by atoms with Gasteiger partial charge in [0, 0.05) is 5.75 Å². The van der Waals surface area contributed by atoms with Crippen LogP contribution in [0, 0.1) is 5.92 Å². The van der Waals surface area contributed by atoms with Crippen molar-refractivity contribution in [2.24, 2.45) is 5.92 Å². The first-order valence-corrected chi connectivity index (χ1v) is 8.20. The summed E-state index contributed by atoms with van der Waals surface area (Å²) in [6.07, 6.45) is 3.20. The third kappa shape index (κ3) is 4.94. The highest BCUT2D eigenvalue weighted by Crippen LogP contribution is 2.26. The summed E-state index contributed by atoms with van der Waals surface area (Å²) in [5, 5.41) is 0. The number of carbonyl (C=O) groups excluding carboxylic acids is 1. The summed E-state index contributed by atoms with van der Waals surface area (Å²) in [6.45, 7) is 1.89. The van der Waals surface area contributed by atoms with Gasteiger partial charge in [0.2, 0.25) is 0 Å². The van der Waals surface area contributed by atoms with E-state index in [0.29, 0.717) is 0 Å². The molecule has 1 saturated carbocycles. The lowest BCUT2D eigenvalue weighted by Gasteiger charge is -2.26. The van der Waals surface area contributed by atoms with Crippen molar-refractivity contribution in [3.05, 3.63) is 0 Å². The molecule has 0 atom stereocenters. The van der Waals surface area contributed by atoms with Gasteiger partial charge in [-0.15, -0.1) is 0 Å². The summed E-state index contributed by atoms with van der Waals surface area (Å²) in [5.74, 6) is 0.0718. The van der Waals surface area contributed by atoms with Gasteiger partial charge < -0.3 is 9.47 Å². The minimum Gasteiger partial charge on any atom is -0.469 e. The molecule has 1 rings (SSSR count). The zero-order chi connectivity index (χ0) is 13.6. The van der Waals surface area contributed by atoms with Gasteiger partial charge in [-0.1, -0.05) is 6.92 Å². The Morgan fingerprint density at radius 2 is 1.83 bits per heavy atom. The van der Waals surface area contributed by atoms with Gasteiger partial charge in [-0.05, 0) is 25.7 Å². The van der Waals surface area contributed by atoms with Crippen LogP contribution in [0.2, 0.25) is 0 Å². The Bertz CT molecular complexity index is 355. The number of sulfone groups is 1. The Morgan fingerprint density at radius 3 is 2.33 bits per heavy atom. The molecule has 0 amide bonds. The van der Waals surface area contributed by atoms with Crippen LogP contribution in [-0.4, -0.2) is 45.7 Å². The lowest BCUT2D eigenvalue weighted by atomic mass is 9.87. The maximum absolute atomic E-state index is 11.3. The predicted molar refractivity (Wildman–Crippen MR) is 68.0 cm³/mol. The van der Waals surface area contributed by atoms with Crippen LogP contribution < -0.4 is 0 Å². The molecule has 1 fully saturated rings. The highest BCUT2D eigenvalue weighted by atomic mass is 32.2. The molecule has 0 aromatic heterocycles. The van der Waals surface area contributed by atoms with Crippen molar-refractivity contribution in [3.8, 4) is 0 Å². The molecule has 6 heteroatoms. The van der Waals surface area contributed by atoms with E-state index in [2.05, 4.69) is 0 Å². The van der Waals surface area contributed by atoms with Crippen LogP contribution in [-0.2, 0) is 24.1 Å². The number of ether oxygens (including phenoxy) is 2. The van der Waals surface area contributed by atoms with E-state index in [-0.39, 0.29) is 36.1 Å². The van der Waals surface area contributed by atoms with Crippen LogP contribution in [0.25, 0.3) is 0 Å². The van der Waals surface area contributed by atoms with Crippen molar-refractivity contribution in [3.63, 3.8) is 0 Å². The zero-order valence-electron chi connectivity index (χ0n) is 11.1. The highest BCUT2D eigenvalue weighted by molar-refractivity contribution is 7.91. The molecular formula is C12H22O5S. The van der Waals surface area contributed by atoms with Gasteiger partial charge in [0.25, 0.3) is 0 Å². The second-order valence-electron chi connectivity index (χ2n) is 4.60. The van der Waals surface area contributed by atoms with Gasteiger partial charge in [0.05, 0.1) is 31.5 Å². The molecule has 0 N–H and O–H groups in total. The molecule has 0 aromatic carbocycles. The standard InChI is InChI=1S/C12H22O5S/c1-3-18(14,15)9-8-17-11-6-4-10(5-7-11)12(13)16-2/h10-11H,3-9H2,1-2H3. The number of rotatable bonds is 6. The van der Waals surface area contributed by atoms with Crippen LogP contribution in [0.4, 0.5) is 0 Å². The molecule has 0 spiro atoms. The normalized spacial score (nSPS) is 24.8. The number of methoxy groups -OCH3 is 1. The quantitative estimate of drug-likeness (QED) is 0.682. The Morgan fingerprint density at radius 1 is 1.22 bits per heavy atom. The summed E-state index contributed by atoms with van der Waals surface area (Å²) in [5.41, 5.74) is 0. The van der Waals surface area contributed by atoms with Gasteiger partial charge in [-0.25, -0.2) is 8.42 Å². The Labute approximate surface area is 109 Å². The van der Waals surface area contributed by atoms with E-state index < -0.39 is 9.84 Å². The molecular weight excluding hydrogens is 256 g/mol. The molecule has 0 aliphatic heterocycles. The summed E-state index contributed by atoms with van der Waals surface area (Å²) in [4.78, 5) is 11.3. The van der Waals surface area contributed by atoms with E-state index in [1.807, 2.05) is 0 Å². The molecule has 0 bridgehead atoms. The van der Waals surface area contributed by atoms with Crippen LogP contribution in [0.1, 0.15) is 32.6 Å². The first-order chi connectivity index (χ1) is 8.48. The van der Waals surface area contributed by atoms with Crippen LogP contribution in [0.5, 0.6) is 0 Å². The lowest BCUT2D eigenvalue weighted by Crippen LogP contribution is -2.28. The molecule has 18 heavy (non-hydrogen) atoms. The molecule has 1 aliphatic carbocycles.